The molecular weight excluding hydrogens is 713 g/mol. The molecule has 272 valence electrons. The van der Waals surface area contributed by atoms with Crippen LogP contribution in [0.2, 0.25) is 0 Å². The third-order valence-corrected chi connectivity index (χ3v) is 11.2. The number of fused-ring (bicyclic) bond motifs is 11. The fourth-order valence-corrected chi connectivity index (χ4v) is 8.52. The lowest BCUT2D eigenvalue weighted by molar-refractivity contribution is 0.0815. The molecule has 11 rings (SSSR count). The van der Waals surface area contributed by atoms with Crippen LogP contribution in [0.15, 0.2) is 158 Å². The fraction of sp³-hybridized carbons (Fsp3) is 0. The van der Waals surface area contributed by atoms with Crippen molar-refractivity contribution in [3.05, 3.63) is 192 Å². The third kappa shape index (κ3) is 5.42. The van der Waals surface area contributed by atoms with Gasteiger partial charge in [-0.2, -0.15) is 0 Å². The number of nitrogens with zero attached hydrogens (tertiary/aromatic N) is 2. The summed E-state index contributed by atoms with van der Waals surface area (Å²) < 4.78 is 0. The smallest absolute Gasteiger partial charge is 0.234 e. The van der Waals surface area contributed by atoms with Crippen molar-refractivity contribution >= 4 is 57.9 Å². The van der Waals surface area contributed by atoms with Gasteiger partial charge < -0.3 is 9.97 Å². The van der Waals surface area contributed by atoms with Gasteiger partial charge in [0, 0.05) is 55.4 Å². The SMILES string of the molecule is O=C1C(=O)c2ccc(-c3c4nc(c(-c5ccccc5)c5ccc([nH]5)c(-c5ccccc5)c5nc(c(-c6ccccc6)c6ccc3[nH]6)C=C5)C=C4)cc2-c2ccccc21. The molecule has 2 aliphatic heterocycles. The van der Waals surface area contributed by atoms with Crippen molar-refractivity contribution in [2.75, 3.05) is 0 Å². The molecule has 1 aliphatic carbocycles. The van der Waals surface area contributed by atoms with Crippen LogP contribution in [-0.2, 0) is 0 Å². The van der Waals surface area contributed by atoms with Gasteiger partial charge >= 0.3 is 0 Å². The Morgan fingerprint density at radius 1 is 0.310 bits per heavy atom. The normalized spacial score (nSPS) is 12.8. The standard InChI is InChI=1S/C52H32N4O2/c57-51-36-19-11-10-18-35(36)38-30-34(20-21-37(38)52(51)58)50-45-28-26-43(55-45)48(32-14-6-2-7-15-32)41-24-22-39(53-41)47(31-12-4-1-5-13-31)40-23-25-42(54-40)49(33-16-8-3-9-17-33)44-27-29-46(50)56-44/h1-30,53,56H. The summed E-state index contributed by atoms with van der Waals surface area (Å²) in [6.45, 7) is 0. The Bertz CT molecular complexity index is 3210. The molecule has 0 amide bonds. The second-order valence-electron chi connectivity index (χ2n) is 14.6. The summed E-state index contributed by atoms with van der Waals surface area (Å²) in [5.41, 5.74) is 16.9. The molecule has 5 heterocycles. The first-order valence-electron chi connectivity index (χ1n) is 19.2. The number of Topliss-reactive ketones (excluding diaryl/α,β-unsaturated/α-hetero) is 2. The number of aromatic nitrogens is 4. The molecule has 3 aromatic heterocycles. The van der Waals surface area contributed by atoms with Gasteiger partial charge in [0.05, 0.1) is 22.8 Å². The van der Waals surface area contributed by atoms with Gasteiger partial charge in [0.15, 0.2) is 0 Å². The van der Waals surface area contributed by atoms with Gasteiger partial charge in [-0.1, -0.05) is 121 Å². The van der Waals surface area contributed by atoms with E-state index in [-0.39, 0.29) is 0 Å². The molecule has 0 unspecified atom stereocenters. The van der Waals surface area contributed by atoms with Crippen molar-refractivity contribution in [2.45, 2.75) is 0 Å². The first kappa shape index (κ1) is 33.4. The van der Waals surface area contributed by atoms with Crippen LogP contribution in [0.25, 0.3) is 102 Å². The van der Waals surface area contributed by atoms with Gasteiger partial charge in [0.1, 0.15) is 0 Å². The monoisotopic (exact) mass is 744 g/mol. The molecule has 0 radical (unpaired) electrons. The van der Waals surface area contributed by atoms with E-state index in [1.165, 1.54) is 0 Å². The number of carbonyl (C=O) groups is 2. The van der Waals surface area contributed by atoms with Crippen molar-refractivity contribution in [3.63, 3.8) is 0 Å². The molecule has 6 nitrogen and oxygen atoms in total. The Labute approximate surface area is 333 Å². The van der Waals surface area contributed by atoms with E-state index in [4.69, 9.17) is 9.97 Å². The zero-order valence-corrected chi connectivity index (χ0v) is 31.0. The molecule has 0 saturated carbocycles. The maximum Gasteiger partial charge on any atom is 0.234 e. The van der Waals surface area contributed by atoms with Crippen molar-refractivity contribution in [2.24, 2.45) is 0 Å². The van der Waals surface area contributed by atoms with Gasteiger partial charge in [0.25, 0.3) is 0 Å². The number of nitrogens with one attached hydrogen (secondary N) is 2. The lowest BCUT2D eigenvalue weighted by atomic mass is 9.82. The summed E-state index contributed by atoms with van der Waals surface area (Å²) >= 11 is 0. The highest BCUT2D eigenvalue weighted by Gasteiger charge is 2.30. The molecule has 8 aromatic rings. The van der Waals surface area contributed by atoms with Crippen LogP contribution in [-0.4, -0.2) is 31.5 Å². The molecule has 0 fully saturated rings. The van der Waals surface area contributed by atoms with Gasteiger partial charge in [-0.15, -0.1) is 0 Å². The Morgan fingerprint density at radius 3 is 1.07 bits per heavy atom. The minimum atomic E-state index is -0.497. The van der Waals surface area contributed by atoms with Crippen LogP contribution in [0.5, 0.6) is 0 Å². The summed E-state index contributed by atoms with van der Waals surface area (Å²) in [7, 11) is 0. The number of carbonyl (C=O) groups excluding carboxylic acids is 2. The van der Waals surface area contributed by atoms with Gasteiger partial charge in [-0.3, -0.25) is 9.59 Å². The Kier molecular flexibility index (Phi) is 7.69. The number of aromatic amines is 2. The van der Waals surface area contributed by atoms with E-state index in [1.54, 1.807) is 18.2 Å². The predicted molar refractivity (Wildman–Crippen MR) is 235 cm³/mol. The van der Waals surface area contributed by atoms with E-state index < -0.39 is 11.6 Å². The number of ketones is 2. The molecule has 0 spiro atoms. The largest absolute Gasteiger partial charge is 0.354 e. The zero-order chi connectivity index (χ0) is 38.7. The molecule has 6 heteroatoms. The highest BCUT2D eigenvalue weighted by Crippen LogP contribution is 2.41. The minimum absolute atomic E-state index is 0.399. The molecular formula is C52H32N4O2. The summed E-state index contributed by atoms with van der Waals surface area (Å²) in [6, 6.07) is 52.5. The first-order valence-corrected chi connectivity index (χ1v) is 19.2. The summed E-state index contributed by atoms with van der Waals surface area (Å²) in [6.07, 6.45) is 8.33. The van der Waals surface area contributed by atoms with Crippen molar-refractivity contribution in [1.82, 2.24) is 19.9 Å². The van der Waals surface area contributed by atoms with Crippen LogP contribution in [0.1, 0.15) is 43.5 Å². The van der Waals surface area contributed by atoms with Crippen LogP contribution < -0.4 is 0 Å². The van der Waals surface area contributed by atoms with E-state index in [0.29, 0.717) is 11.1 Å². The second kappa shape index (κ2) is 13.4. The zero-order valence-electron chi connectivity index (χ0n) is 31.0. The first-order chi connectivity index (χ1) is 28.6. The number of H-pyrrole nitrogens is 2. The summed E-state index contributed by atoms with van der Waals surface area (Å²) in [5.74, 6) is -0.981. The van der Waals surface area contributed by atoms with Gasteiger partial charge in [0.2, 0.25) is 11.6 Å². The van der Waals surface area contributed by atoms with Crippen LogP contribution in [0, 0.1) is 0 Å². The summed E-state index contributed by atoms with van der Waals surface area (Å²) in [4.78, 5) is 44.9. The van der Waals surface area contributed by atoms with Crippen LogP contribution >= 0.6 is 0 Å². The third-order valence-electron chi connectivity index (χ3n) is 11.2. The lowest BCUT2D eigenvalue weighted by Crippen LogP contribution is -2.21. The molecule has 0 atom stereocenters. The number of hydrogen-bond acceptors (Lipinski definition) is 4. The molecule has 5 aromatic carbocycles. The second-order valence-corrected chi connectivity index (χ2v) is 14.6. The quantitative estimate of drug-likeness (QED) is 0.176. The van der Waals surface area contributed by atoms with E-state index in [0.717, 1.165) is 100 Å². The molecule has 8 bridgehead atoms. The average Bonchev–Trinajstić information content (AvgIpc) is 4.12. The molecule has 3 aliphatic rings. The molecule has 58 heavy (non-hydrogen) atoms. The Balaban J connectivity index is 1.29. The molecule has 0 saturated heterocycles. The summed E-state index contributed by atoms with van der Waals surface area (Å²) in [5, 5.41) is 0. The van der Waals surface area contributed by atoms with E-state index >= 15 is 0 Å². The maximum atomic E-state index is 13.4. The predicted octanol–water partition coefficient (Wildman–Crippen LogP) is 12.4. The minimum Gasteiger partial charge on any atom is -0.354 e. The van der Waals surface area contributed by atoms with Crippen molar-refractivity contribution < 1.29 is 9.59 Å². The van der Waals surface area contributed by atoms with Crippen molar-refractivity contribution in [3.8, 4) is 55.6 Å². The van der Waals surface area contributed by atoms with Crippen molar-refractivity contribution in [1.29, 1.82) is 0 Å². The molecule has 2 N–H and O–H groups in total. The van der Waals surface area contributed by atoms with Crippen LogP contribution in [0.3, 0.4) is 0 Å². The lowest BCUT2D eigenvalue weighted by Gasteiger charge is -2.19. The van der Waals surface area contributed by atoms with E-state index in [2.05, 4.69) is 107 Å². The number of hydrogen-bond donors (Lipinski definition) is 2. The van der Waals surface area contributed by atoms with Crippen LogP contribution in [0.4, 0.5) is 0 Å². The highest BCUT2D eigenvalue weighted by atomic mass is 16.2. The Hall–Kier alpha value is -7.96. The number of benzene rings is 5. The van der Waals surface area contributed by atoms with E-state index in [1.807, 2.05) is 66.7 Å². The van der Waals surface area contributed by atoms with E-state index in [9.17, 15) is 9.59 Å². The highest BCUT2D eigenvalue weighted by molar-refractivity contribution is 6.53. The average molecular weight is 745 g/mol. The number of rotatable bonds is 4. The Morgan fingerprint density at radius 2 is 0.655 bits per heavy atom. The fourth-order valence-electron chi connectivity index (χ4n) is 8.52. The van der Waals surface area contributed by atoms with Gasteiger partial charge in [-0.05, 0) is 94.1 Å². The van der Waals surface area contributed by atoms with Gasteiger partial charge in [-0.25, -0.2) is 9.97 Å². The maximum absolute atomic E-state index is 13.4. The topological polar surface area (TPSA) is 91.5 Å².